The monoisotopic (exact) mass is 316 g/mol. The fraction of sp³-hybridized carbons (Fsp3) is 0.579. The minimum atomic E-state index is -0.148. The van der Waals surface area contributed by atoms with Gasteiger partial charge in [0.25, 0.3) is 0 Å². The van der Waals surface area contributed by atoms with Crippen LogP contribution in [0.1, 0.15) is 46.1 Å². The van der Waals surface area contributed by atoms with E-state index in [9.17, 15) is 9.59 Å². The van der Waals surface area contributed by atoms with Crippen molar-refractivity contribution in [2.75, 3.05) is 0 Å². The van der Waals surface area contributed by atoms with Crippen LogP contribution in [0.4, 0.5) is 0 Å². The largest absolute Gasteiger partial charge is 0.353 e. The number of carbonyl (C=O) groups excluding carboxylic acids is 2. The molecule has 2 amide bonds. The number of hydrogen-bond donors (Lipinski definition) is 1. The van der Waals surface area contributed by atoms with Gasteiger partial charge in [0.2, 0.25) is 11.8 Å². The van der Waals surface area contributed by atoms with Crippen molar-refractivity contribution in [3.05, 3.63) is 35.9 Å². The molecule has 1 saturated carbocycles. The highest BCUT2D eigenvalue weighted by Crippen LogP contribution is 2.40. The number of amides is 2. The lowest BCUT2D eigenvalue weighted by Gasteiger charge is -2.27. The van der Waals surface area contributed by atoms with Crippen LogP contribution in [0.15, 0.2) is 30.3 Å². The maximum absolute atomic E-state index is 12.8. The Bertz CT molecular complexity index is 542. The predicted molar refractivity (Wildman–Crippen MR) is 91.6 cm³/mol. The SMILES string of the molecule is CCC(C)NC(=O)C1CC1C(=O)N(Cc1ccccc1)C(C)C. The summed E-state index contributed by atoms with van der Waals surface area (Å²) in [5.74, 6) is -0.159. The molecule has 0 aromatic heterocycles. The average molecular weight is 316 g/mol. The summed E-state index contributed by atoms with van der Waals surface area (Å²) in [6.07, 6.45) is 1.59. The zero-order chi connectivity index (χ0) is 17.0. The first-order chi connectivity index (χ1) is 10.9. The van der Waals surface area contributed by atoms with Crippen molar-refractivity contribution in [1.29, 1.82) is 0 Å². The molecule has 0 spiro atoms. The van der Waals surface area contributed by atoms with Gasteiger partial charge in [-0.05, 0) is 39.2 Å². The maximum Gasteiger partial charge on any atom is 0.227 e. The first-order valence-electron chi connectivity index (χ1n) is 8.58. The van der Waals surface area contributed by atoms with Crippen LogP contribution in [-0.4, -0.2) is 28.8 Å². The highest BCUT2D eigenvalue weighted by atomic mass is 16.2. The van der Waals surface area contributed by atoms with Crippen LogP contribution in [0.5, 0.6) is 0 Å². The van der Waals surface area contributed by atoms with Gasteiger partial charge in [-0.15, -0.1) is 0 Å². The summed E-state index contributed by atoms with van der Waals surface area (Å²) < 4.78 is 0. The third-order valence-electron chi connectivity index (χ3n) is 4.55. The fourth-order valence-corrected chi connectivity index (χ4v) is 2.72. The Kier molecular flexibility index (Phi) is 5.80. The number of carbonyl (C=O) groups is 2. The third-order valence-corrected chi connectivity index (χ3v) is 4.55. The number of nitrogens with zero attached hydrogens (tertiary/aromatic N) is 1. The quantitative estimate of drug-likeness (QED) is 0.841. The van der Waals surface area contributed by atoms with E-state index < -0.39 is 0 Å². The zero-order valence-electron chi connectivity index (χ0n) is 14.6. The molecule has 1 N–H and O–H groups in total. The molecule has 1 aromatic rings. The van der Waals surface area contributed by atoms with Gasteiger partial charge in [-0.2, -0.15) is 0 Å². The molecule has 23 heavy (non-hydrogen) atoms. The minimum absolute atomic E-state index is 0.0288. The molecule has 0 radical (unpaired) electrons. The molecule has 1 aliphatic carbocycles. The predicted octanol–water partition coefficient (Wildman–Crippen LogP) is 2.97. The molecule has 1 aromatic carbocycles. The molecular formula is C19H28N2O2. The highest BCUT2D eigenvalue weighted by Gasteiger charge is 2.49. The van der Waals surface area contributed by atoms with Gasteiger partial charge in [-0.3, -0.25) is 9.59 Å². The second kappa shape index (κ2) is 7.62. The van der Waals surface area contributed by atoms with E-state index in [0.29, 0.717) is 13.0 Å². The number of benzene rings is 1. The summed E-state index contributed by atoms with van der Waals surface area (Å²) in [5, 5.41) is 2.98. The van der Waals surface area contributed by atoms with Gasteiger partial charge in [-0.25, -0.2) is 0 Å². The summed E-state index contributed by atoms with van der Waals surface area (Å²) in [6, 6.07) is 10.3. The second-order valence-electron chi connectivity index (χ2n) is 6.81. The van der Waals surface area contributed by atoms with E-state index in [1.54, 1.807) is 0 Å². The van der Waals surface area contributed by atoms with Gasteiger partial charge < -0.3 is 10.2 Å². The van der Waals surface area contributed by atoms with Crippen molar-refractivity contribution in [2.45, 2.75) is 59.2 Å². The highest BCUT2D eigenvalue weighted by molar-refractivity contribution is 5.92. The van der Waals surface area contributed by atoms with Crippen LogP contribution < -0.4 is 5.32 Å². The summed E-state index contributed by atoms with van der Waals surface area (Å²) in [6.45, 7) is 8.69. The molecule has 3 atom stereocenters. The summed E-state index contributed by atoms with van der Waals surface area (Å²) in [5.41, 5.74) is 1.12. The van der Waals surface area contributed by atoms with Gasteiger partial charge >= 0.3 is 0 Å². The van der Waals surface area contributed by atoms with Gasteiger partial charge in [0.05, 0.1) is 11.8 Å². The molecule has 3 unspecified atom stereocenters. The fourth-order valence-electron chi connectivity index (χ4n) is 2.72. The summed E-state index contributed by atoms with van der Waals surface area (Å²) in [4.78, 5) is 26.8. The van der Waals surface area contributed by atoms with Crippen LogP contribution in [0.2, 0.25) is 0 Å². The van der Waals surface area contributed by atoms with Crippen molar-refractivity contribution < 1.29 is 9.59 Å². The molecule has 1 aliphatic rings. The first kappa shape index (κ1) is 17.5. The Morgan fingerprint density at radius 3 is 2.39 bits per heavy atom. The van der Waals surface area contributed by atoms with Crippen molar-refractivity contribution in [3.8, 4) is 0 Å². The molecule has 2 rings (SSSR count). The Labute approximate surface area is 139 Å². The lowest BCUT2D eigenvalue weighted by atomic mass is 10.1. The number of nitrogens with one attached hydrogen (secondary N) is 1. The molecule has 0 saturated heterocycles. The third kappa shape index (κ3) is 4.57. The first-order valence-corrected chi connectivity index (χ1v) is 8.58. The van der Waals surface area contributed by atoms with Crippen molar-refractivity contribution >= 4 is 11.8 Å². The van der Waals surface area contributed by atoms with Gasteiger partial charge in [-0.1, -0.05) is 37.3 Å². The molecule has 0 heterocycles. The lowest BCUT2D eigenvalue weighted by Crippen LogP contribution is -2.39. The Balaban J connectivity index is 1.96. The minimum Gasteiger partial charge on any atom is -0.353 e. The zero-order valence-corrected chi connectivity index (χ0v) is 14.6. The maximum atomic E-state index is 12.8. The van der Waals surface area contributed by atoms with E-state index in [2.05, 4.69) is 5.32 Å². The Morgan fingerprint density at radius 2 is 1.83 bits per heavy atom. The Morgan fingerprint density at radius 1 is 1.17 bits per heavy atom. The van der Waals surface area contributed by atoms with E-state index in [1.807, 2.05) is 62.9 Å². The van der Waals surface area contributed by atoms with Crippen molar-refractivity contribution in [1.82, 2.24) is 10.2 Å². The van der Waals surface area contributed by atoms with E-state index in [0.717, 1.165) is 12.0 Å². The molecule has 0 aliphatic heterocycles. The molecule has 4 nitrogen and oxygen atoms in total. The van der Waals surface area contributed by atoms with E-state index in [1.165, 1.54) is 0 Å². The summed E-state index contributed by atoms with van der Waals surface area (Å²) >= 11 is 0. The molecule has 0 bridgehead atoms. The average Bonchev–Trinajstić information content (AvgIpc) is 3.33. The molecule has 126 valence electrons. The van der Waals surface area contributed by atoms with Crippen molar-refractivity contribution in [2.24, 2.45) is 11.8 Å². The van der Waals surface area contributed by atoms with Gasteiger partial charge in [0.15, 0.2) is 0 Å². The van der Waals surface area contributed by atoms with Crippen LogP contribution >= 0.6 is 0 Å². The summed E-state index contributed by atoms with van der Waals surface area (Å²) in [7, 11) is 0. The second-order valence-corrected chi connectivity index (χ2v) is 6.81. The van der Waals surface area contributed by atoms with Crippen LogP contribution in [-0.2, 0) is 16.1 Å². The van der Waals surface area contributed by atoms with Crippen LogP contribution in [0.25, 0.3) is 0 Å². The molecule has 1 fully saturated rings. The van der Waals surface area contributed by atoms with Crippen LogP contribution in [0, 0.1) is 11.8 Å². The molecular weight excluding hydrogens is 288 g/mol. The lowest BCUT2D eigenvalue weighted by molar-refractivity contribution is -0.137. The van der Waals surface area contributed by atoms with E-state index in [4.69, 9.17) is 0 Å². The van der Waals surface area contributed by atoms with Crippen LogP contribution in [0.3, 0.4) is 0 Å². The standard InChI is InChI=1S/C19H28N2O2/c1-5-14(4)20-18(22)16-11-17(16)19(23)21(13(2)3)12-15-9-7-6-8-10-15/h6-10,13-14,16-17H,5,11-12H2,1-4H3,(H,20,22). The number of hydrogen-bond acceptors (Lipinski definition) is 2. The van der Waals surface area contributed by atoms with Gasteiger partial charge in [0, 0.05) is 18.6 Å². The normalized spacial score (nSPS) is 20.9. The molecule has 4 heteroatoms. The number of rotatable bonds is 7. The van der Waals surface area contributed by atoms with E-state index >= 15 is 0 Å². The Hall–Kier alpha value is -1.84. The van der Waals surface area contributed by atoms with E-state index in [-0.39, 0.29) is 35.7 Å². The van der Waals surface area contributed by atoms with Crippen molar-refractivity contribution in [3.63, 3.8) is 0 Å². The smallest absolute Gasteiger partial charge is 0.227 e. The topological polar surface area (TPSA) is 49.4 Å². The van der Waals surface area contributed by atoms with Gasteiger partial charge in [0.1, 0.15) is 0 Å².